The number of carbonyl (C=O) groups is 1. The molecule has 2 atom stereocenters. The highest BCUT2D eigenvalue weighted by Gasteiger charge is 2.28. The molecule has 1 aromatic carbocycles. The van der Waals surface area contributed by atoms with Gasteiger partial charge in [-0.05, 0) is 31.2 Å². The van der Waals surface area contributed by atoms with E-state index in [0.29, 0.717) is 28.7 Å². The van der Waals surface area contributed by atoms with Crippen molar-refractivity contribution in [2.45, 2.75) is 73.8 Å². The third-order valence-corrected chi connectivity index (χ3v) is 8.07. The number of rotatable bonds is 6. The predicted molar refractivity (Wildman–Crippen MR) is 123 cm³/mol. The average Bonchev–Trinajstić information content (AvgIpc) is 3.15. The molecule has 0 spiro atoms. The minimum Gasteiger partial charge on any atom is -0.339 e. The lowest BCUT2D eigenvalue weighted by molar-refractivity contribution is -0.132. The van der Waals surface area contributed by atoms with Gasteiger partial charge in [0.25, 0.3) is 5.56 Å². The van der Waals surface area contributed by atoms with Gasteiger partial charge in [0.1, 0.15) is 0 Å². The number of hydrogen-bond acceptors (Lipinski definition) is 5. The van der Waals surface area contributed by atoms with Crippen LogP contribution in [0.25, 0.3) is 0 Å². The SMILES string of the molecule is CCC1CCCCN1C(=O)CSc1nc2c(c(=O)n1Cc1ccccc1)SC(C)C2. The molecule has 7 heteroatoms. The molecule has 2 aliphatic heterocycles. The van der Waals surface area contributed by atoms with Gasteiger partial charge in [-0.3, -0.25) is 14.2 Å². The molecular formula is C23H29N3O2S2. The minimum absolute atomic E-state index is 0.0255. The van der Waals surface area contributed by atoms with Crippen molar-refractivity contribution in [1.29, 1.82) is 0 Å². The fourth-order valence-corrected chi connectivity index (χ4v) is 6.33. The number of carbonyl (C=O) groups excluding carboxylic acids is 1. The standard InChI is InChI=1S/C23H29N3O2S2/c1-3-18-11-7-8-12-25(18)20(27)15-29-23-24-19-13-16(2)30-21(19)22(28)26(23)14-17-9-5-4-6-10-17/h4-6,9-10,16,18H,3,7-8,11-15H2,1-2H3. The Kier molecular flexibility index (Phi) is 6.88. The summed E-state index contributed by atoms with van der Waals surface area (Å²) in [5.74, 6) is 0.495. The lowest BCUT2D eigenvalue weighted by Crippen LogP contribution is -2.44. The van der Waals surface area contributed by atoms with E-state index in [1.165, 1.54) is 18.2 Å². The van der Waals surface area contributed by atoms with E-state index in [9.17, 15) is 9.59 Å². The Labute approximate surface area is 186 Å². The summed E-state index contributed by atoms with van der Waals surface area (Å²) in [7, 11) is 0. The number of fused-ring (bicyclic) bond motifs is 1. The van der Waals surface area contributed by atoms with Crippen LogP contribution in [-0.2, 0) is 17.8 Å². The van der Waals surface area contributed by atoms with E-state index in [-0.39, 0.29) is 11.5 Å². The van der Waals surface area contributed by atoms with E-state index >= 15 is 0 Å². The van der Waals surface area contributed by atoms with Crippen LogP contribution in [0.4, 0.5) is 0 Å². The van der Waals surface area contributed by atoms with Crippen LogP contribution in [0.1, 0.15) is 50.8 Å². The summed E-state index contributed by atoms with van der Waals surface area (Å²) in [5, 5.41) is 1.03. The molecule has 2 aromatic rings. The van der Waals surface area contributed by atoms with E-state index < -0.39 is 0 Å². The first-order valence-corrected chi connectivity index (χ1v) is 12.7. The third-order valence-electron chi connectivity index (χ3n) is 5.89. The van der Waals surface area contributed by atoms with Gasteiger partial charge in [0, 0.05) is 24.3 Å². The van der Waals surface area contributed by atoms with Crippen molar-refractivity contribution in [3.63, 3.8) is 0 Å². The van der Waals surface area contributed by atoms with Crippen LogP contribution in [-0.4, -0.2) is 43.9 Å². The molecule has 30 heavy (non-hydrogen) atoms. The first-order chi connectivity index (χ1) is 14.6. The van der Waals surface area contributed by atoms with Gasteiger partial charge in [-0.25, -0.2) is 4.98 Å². The Morgan fingerprint density at radius 2 is 2.07 bits per heavy atom. The van der Waals surface area contributed by atoms with Crippen LogP contribution in [0, 0.1) is 0 Å². The van der Waals surface area contributed by atoms with Crippen molar-refractivity contribution in [1.82, 2.24) is 14.5 Å². The number of nitrogens with zero attached hydrogens (tertiary/aromatic N) is 3. The Balaban J connectivity index is 1.58. The smallest absolute Gasteiger partial charge is 0.268 e. The summed E-state index contributed by atoms with van der Waals surface area (Å²) in [6.45, 7) is 5.61. The fraction of sp³-hybridized carbons (Fsp3) is 0.522. The van der Waals surface area contributed by atoms with Gasteiger partial charge >= 0.3 is 0 Å². The highest BCUT2D eigenvalue weighted by atomic mass is 32.2. The zero-order valence-electron chi connectivity index (χ0n) is 17.7. The first-order valence-electron chi connectivity index (χ1n) is 10.8. The third kappa shape index (κ3) is 4.62. The highest BCUT2D eigenvalue weighted by Crippen LogP contribution is 2.34. The Hall–Kier alpha value is -1.73. The maximum Gasteiger partial charge on any atom is 0.268 e. The van der Waals surface area contributed by atoms with E-state index in [0.717, 1.165) is 48.4 Å². The number of thioether (sulfide) groups is 2. The molecule has 0 N–H and O–H groups in total. The zero-order chi connectivity index (χ0) is 21.1. The molecule has 0 saturated carbocycles. The number of likely N-dealkylation sites (tertiary alicyclic amines) is 1. The number of benzene rings is 1. The molecule has 0 bridgehead atoms. The second kappa shape index (κ2) is 9.60. The molecule has 2 aliphatic rings. The topological polar surface area (TPSA) is 55.2 Å². The number of amides is 1. The summed E-state index contributed by atoms with van der Waals surface area (Å²) in [5.41, 5.74) is 1.98. The molecule has 1 aromatic heterocycles. The zero-order valence-corrected chi connectivity index (χ0v) is 19.3. The van der Waals surface area contributed by atoms with Crippen LogP contribution >= 0.6 is 23.5 Å². The molecule has 5 nitrogen and oxygen atoms in total. The van der Waals surface area contributed by atoms with Crippen LogP contribution in [0.2, 0.25) is 0 Å². The maximum absolute atomic E-state index is 13.3. The monoisotopic (exact) mass is 443 g/mol. The van der Waals surface area contributed by atoms with E-state index in [1.807, 2.05) is 35.2 Å². The molecule has 1 amide bonds. The lowest BCUT2D eigenvalue weighted by atomic mass is 10.0. The van der Waals surface area contributed by atoms with Gasteiger partial charge in [-0.15, -0.1) is 11.8 Å². The predicted octanol–water partition coefficient (Wildman–Crippen LogP) is 4.21. The molecular weight excluding hydrogens is 414 g/mol. The van der Waals surface area contributed by atoms with Crippen LogP contribution in [0.3, 0.4) is 0 Å². The summed E-state index contributed by atoms with van der Waals surface area (Å²) in [6, 6.07) is 10.3. The van der Waals surface area contributed by atoms with Crippen molar-refractivity contribution in [3.8, 4) is 0 Å². The second-order valence-electron chi connectivity index (χ2n) is 8.11. The van der Waals surface area contributed by atoms with E-state index in [2.05, 4.69) is 13.8 Å². The number of piperidine rings is 1. The molecule has 0 radical (unpaired) electrons. The van der Waals surface area contributed by atoms with Gasteiger partial charge in [-0.1, -0.05) is 55.9 Å². The second-order valence-corrected chi connectivity index (χ2v) is 10.5. The van der Waals surface area contributed by atoms with Crippen molar-refractivity contribution in [2.24, 2.45) is 0 Å². The van der Waals surface area contributed by atoms with Crippen LogP contribution in [0.5, 0.6) is 0 Å². The maximum atomic E-state index is 13.3. The summed E-state index contributed by atoms with van der Waals surface area (Å²) < 4.78 is 1.75. The molecule has 2 unspecified atom stereocenters. The molecule has 1 saturated heterocycles. The van der Waals surface area contributed by atoms with Crippen LogP contribution in [0.15, 0.2) is 45.2 Å². The van der Waals surface area contributed by atoms with Gasteiger partial charge in [0.2, 0.25) is 5.91 Å². The summed E-state index contributed by atoms with van der Waals surface area (Å²) >= 11 is 3.03. The molecule has 160 valence electrons. The summed E-state index contributed by atoms with van der Waals surface area (Å²) in [6.07, 6.45) is 5.19. The minimum atomic E-state index is 0.0255. The average molecular weight is 444 g/mol. The molecule has 0 aliphatic carbocycles. The number of aromatic nitrogens is 2. The molecule has 4 rings (SSSR count). The Morgan fingerprint density at radius 1 is 1.27 bits per heavy atom. The van der Waals surface area contributed by atoms with Crippen LogP contribution < -0.4 is 5.56 Å². The Morgan fingerprint density at radius 3 is 2.83 bits per heavy atom. The van der Waals surface area contributed by atoms with Crippen molar-refractivity contribution in [2.75, 3.05) is 12.3 Å². The van der Waals surface area contributed by atoms with Gasteiger partial charge in [-0.2, -0.15) is 0 Å². The van der Waals surface area contributed by atoms with E-state index in [4.69, 9.17) is 4.98 Å². The quantitative estimate of drug-likeness (QED) is 0.494. The van der Waals surface area contributed by atoms with Crippen molar-refractivity contribution >= 4 is 29.4 Å². The molecule has 1 fully saturated rings. The van der Waals surface area contributed by atoms with Crippen molar-refractivity contribution < 1.29 is 4.79 Å². The fourth-order valence-electron chi connectivity index (χ4n) is 4.31. The number of hydrogen-bond donors (Lipinski definition) is 0. The van der Waals surface area contributed by atoms with Gasteiger partial charge < -0.3 is 4.90 Å². The van der Waals surface area contributed by atoms with Gasteiger partial charge in [0.05, 0.1) is 22.9 Å². The van der Waals surface area contributed by atoms with Gasteiger partial charge in [0.15, 0.2) is 5.16 Å². The first kappa shape index (κ1) is 21.5. The van der Waals surface area contributed by atoms with E-state index in [1.54, 1.807) is 16.3 Å². The molecule has 3 heterocycles. The highest BCUT2D eigenvalue weighted by molar-refractivity contribution is 8.00. The largest absolute Gasteiger partial charge is 0.339 e. The Bertz CT molecular complexity index is 961. The normalized spacial score (nSPS) is 20.9. The summed E-state index contributed by atoms with van der Waals surface area (Å²) in [4.78, 5) is 33.9. The van der Waals surface area contributed by atoms with Crippen molar-refractivity contribution in [3.05, 3.63) is 51.9 Å². The lowest BCUT2D eigenvalue weighted by Gasteiger charge is -2.35.